The van der Waals surface area contributed by atoms with Crippen LogP contribution in [-0.4, -0.2) is 39.3 Å². The first-order chi connectivity index (χ1) is 12.3. The SMILES string of the molecule is Cc1ccc2c(c1)N(S(C)(=O)=O)CC[C@H](C(=O)N[C@H]1C[C@H]3CC[C@H]1C3)O2. The van der Waals surface area contributed by atoms with Crippen LogP contribution in [0.15, 0.2) is 18.2 Å². The lowest BCUT2D eigenvalue weighted by Gasteiger charge is -2.25. The Morgan fingerprint density at radius 2 is 2.04 bits per heavy atom. The molecule has 3 aliphatic rings. The third-order valence-corrected chi connectivity index (χ3v) is 7.19. The van der Waals surface area contributed by atoms with Crippen molar-refractivity contribution in [3.05, 3.63) is 23.8 Å². The van der Waals surface area contributed by atoms with Gasteiger partial charge in [0.25, 0.3) is 5.91 Å². The van der Waals surface area contributed by atoms with E-state index in [1.807, 2.05) is 13.0 Å². The number of sulfonamides is 1. The normalized spacial score (nSPS) is 30.5. The van der Waals surface area contributed by atoms with Gasteiger partial charge in [-0.3, -0.25) is 9.10 Å². The van der Waals surface area contributed by atoms with E-state index < -0.39 is 16.1 Å². The lowest BCUT2D eigenvalue weighted by molar-refractivity contribution is -0.129. The summed E-state index contributed by atoms with van der Waals surface area (Å²) in [5.41, 5.74) is 1.47. The van der Waals surface area contributed by atoms with Gasteiger partial charge in [0.1, 0.15) is 5.75 Å². The van der Waals surface area contributed by atoms with Crippen molar-refractivity contribution in [2.24, 2.45) is 11.8 Å². The Hall–Kier alpha value is -1.76. The van der Waals surface area contributed by atoms with Crippen molar-refractivity contribution in [2.75, 3.05) is 17.1 Å². The molecule has 0 radical (unpaired) electrons. The van der Waals surface area contributed by atoms with E-state index in [4.69, 9.17) is 4.74 Å². The zero-order valence-corrected chi connectivity index (χ0v) is 16.1. The van der Waals surface area contributed by atoms with E-state index in [1.54, 1.807) is 12.1 Å². The van der Waals surface area contributed by atoms with Gasteiger partial charge in [-0.05, 0) is 55.7 Å². The largest absolute Gasteiger partial charge is 0.478 e. The number of fused-ring (bicyclic) bond motifs is 3. The van der Waals surface area contributed by atoms with E-state index in [1.165, 1.54) is 29.8 Å². The zero-order valence-electron chi connectivity index (χ0n) is 15.3. The van der Waals surface area contributed by atoms with Gasteiger partial charge in [0, 0.05) is 19.0 Å². The van der Waals surface area contributed by atoms with Crippen molar-refractivity contribution >= 4 is 21.6 Å². The number of hydrogen-bond donors (Lipinski definition) is 1. The molecular formula is C19H26N2O4S. The Labute approximate surface area is 155 Å². The molecule has 0 spiro atoms. The molecule has 7 heteroatoms. The summed E-state index contributed by atoms with van der Waals surface area (Å²) in [6.07, 6.45) is 5.64. The molecule has 1 aliphatic heterocycles. The molecule has 2 saturated carbocycles. The number of anilines is 1. The Morgan fingerprint density at radius 1 is 1.23 bits per heavy atom. The maximum Gasteiger partial charge on any atom is 0.261 e. The molecule has 1 N–H and O–H groups in total. The van der Waals surface area contributed by atoms with Crippen LogP contribution >= 0.6 is 0 Å². The van der Waals surface area contributed by atoms with Crippen molar-refractivity contribution in [1.82, 2.24) is 5.32 Å². The van der Waals surface area contributed by atoms with E-state index in [0.29, 0.717) is 23.8 Å². The molecule has 2 aliphatic carbocycles. The van der Waals surface area contributed by atoms with Crippen molar-refractivity contribution in [3.8, 4) is 5.75 Å². The van der Waals surface area contributed by atoms with Crippen LogP contribution < -0.4 is 14.4 Å². The Kier molecular flexibility index (Phi) is 4.37. The number of rotatable bonds is 3. The molecule has 4 rings (SSSR count). The molecule has 0 aromatic heterocycles. The Bertz CT molecular complexity index is 823. The fraction of sp³-hybridized carbons (Fsp3) is 0.632. The van der Waals surface area contributed by atoms with Crippen molar-refractivity contribution in [1.29, 1.82) is 0 Å². The van der Waals surface area contributed by atoms with Crippen LogP contribution in [0, 0.1) is 18.8 Å². The van der Waals surface area contributed by atoms with Crippen LogP contribution in [0.25, 0.3) is 0 Å². The summed E-state index contributed by atoms with van der Waals surface area (Å²) in [6, 6.07) is 5.67. The monoisotopic (exact) mass is 378 g/mol. The predicted molar refractivity (Wildman–Crippen MR) is 99.8 cm³/mol. The maximum absolute atomic E-state index is 12.8. The summed E-state index contributed by atoms with van der Waals surface area (Å²) in [6.45, 7) is 2.15. The second kappa shape index (κ2) is 6.44. The first-order valence-electron chi connectivity index (χ1n) is 9.36. The smallest absolute Gasteiger partial charge is 0.261 e. The summed E-state index contributed by atoms with van der Waals surface area (Å²) < 4.78 is 31.8. The number of amides is 1. The fourth-order valence-electron chi connectivity index (χ4n) is 4.72. The molecule has 1 aromatic carbocycles. The molecule has 2 bridgehead atoms. The highest BCUT2D eigenvalue weighted by Crippen LogP contribution is 2.44. The molecule has 4 atom stereocenters. The average Bonchev–Trinajstić information content (AvgIpc) is 3.11. The van der Waals surface area contributed by atoms with E-state index in [0.717, 1.165) is 17.9 Å². The quantitative estimate of drug-likeness (QED) is 0.875. The number of hydrogen-bond acceptors (Lipinski definition) is 4. The van der Waals surface area contributed by atoms with Crippen LogP contribution in [0.1, 0.15) is 37.7 Å². The molecule has 1 heterocycles. The summed E-state index contributed by atoms with van der Waals surface area (Å²) >= 11 is 0. The number of ether oxygens (including phenoxy) is 1. The molecule has 1 amide bonds. The summed E-state index contributed by atoms with van der Waals surface area (Å²) in [7, 11) is -3.44. The minimum Gasteiger partial charge on any atom is -0.478 e. The lowest BCUT2D eigenvalue weighted by Crippen LogP contribution is -2.46. The summed E-state index contributed by atoms with van der Waals surface area (Å²) in [5.74, 6) is 1.68. The third-order valence-electron chi connectivity index (χ3n) is 6.01. The molecule has 142 valence electrons. The molecular weight excluding hydrogens is 352 g/mol. The molecule has 1 aromatic rings. The average molecular weight is 378 g/mol. The van der Waals surface area contributed by atoms with Gasteiger partial charge in [-0.2, -0.15) is 0 Å². The second-order valence-electron chi connectivity index (χ2n) is 7.99. The van der Waals surface area contributed by atoms with E-state index in [2.05, 4.69) is 5.32 Å². The minimum atomic E-state index is -3.44. The van der Waals surface area contributed by atoms with Gasteiger partial charge in [0.05, 0.1) is 11.9 Å². The van der Waals surface area contributed by atoms with Gasteiger partial charge >= 0.3 is 0 Å². The van der Waals surface area contributed by atoms with Gasteiger partial charge in [0.15, 0.2) is 6.10 Å². The molecule has 6 nitrogen and oxygen atoms in total. The van der Waals surface area contributed by atoms with Gasteiger partial charge in [-0.15, -0.1) is 0 Å². The number of nitrogens with zero attached hydrogens (tertiary/aromatic N) is 1. The first kappa shape index (κ1) is 17.6. The summed E-state index contributed by atoms with van der Waals surface area (Å²) in [5, 5.41) is 3.17. The van der Waals surface area contributed by atoms with Crippen LogP contribution in [0.2, 0.25) is 0 Å². The summed E-state index contributed by atoms with van der Waals surface area (Å²) in [4.78, 5) is 12.8. The van der Waals surface area contributed by atoms with E-state index >= 15 is 0 Å². The van der Waals surface area contributed by atoms with Gasteiger partial charge < -0.3 is 10.1 Å². The molecule has 0 saturated heterocycles. The van der Waals surface area contributed by atoms with Gasteiger partial charge in [-0.1, -0.05) is 12.5 Å². The first-order valence-corrected chi connectivity index (χ1v) is 11.2. The van der Waals surface area contributed by atoms with Crippen LogP contribution in [0.3, 0.4) is 0 Å². The number of nitrogens with one attached hydrogen (secondary N) is 1. The fourth-order valence-corrected chi connectivity index (χ4v) is 5.65. The van der Waals surface area contributed by atoms with E-state index in [-0.39, 0.29) is 18.5 Å². The Morgan fingerprint density at radius 3 is 2.69 bits per heavy atom. The second-order valence-corrected chi connectivity index (χ2v) is 9.90. The van der Waals surface area contributed by atoms with Crippen LogP contribution in [-0.2, 0) is 14.8 Å². The predicted octanol–water partition coefficient (Wildman–Crippen LogP) is 2.22. The highest BCUT2D eigenvalue weighted by molar-refractivity contribution is 7.92. The number of aryl methyl sites for hydroxylation is 1. The topological polar surface area (TPSA) is 75.7 Å². The van der Waals surface area contributed by atoms with Crippen molar-refractivity contribution in [3.63, 3.8) is 0 Å². The van der Waals surface area contributed by atoms with Crippen LogP contribution in [0.5, 0.6) is 5.75 Å². The lowest BCUT2D eigenvalue weighted by atomic mass is 9.95. The highest BCUT2D eigenvalue weighted by atomic mass is 32.2. The van der Waals surface area contributed by atoms with Crippen molar-refractivity contribution in [2.45, 2.75) is 51.2 Å². The number of benzene rings is 1. The number of carbonyl (C=O) groups excluding carboxylic acids is 1. The van der Waals surface area contributed by atoms with E-state index in [9.17, 15) is 13.2 Å². The molecule has 2 fully saturated rings. The minimum absolute atomic E-state index is 0.121. The molecule has 0 unspecified atom stereocenters. The molecule has 26 heavy (non-hydrogen) atoms. The van der Waals surface area contributed by atoms with Gasteiger partial charge in [-0.25, -0.2) is 8.42 Å². The third kappa shape index (κ3) is 3.29. The number of carbonyl (C=O) groups is 1. The van der Waals surface area contributed by atoms with Crippen molar-refractivity contribution < 1.29 is 17.9 Å². The van der Waals surface area contributed by atoms with Crippen LogP contribution in [0.4, 0.5) is 5.69 Å². The Balaban J connectivity index is 1.54. The van der Waals surface area contributed by atoms with Gasteiger partial charge in [0.2, 0.25) is 10.0 Å². The highest BCUT2D eigenvalue weighted by Gasteiger charge is 2.41. The maximum atomic E-state index is 12.8. The standard InChI is InChI=1S/C19H26N2O4S/c1-12-3-6-17-16(9-12)21(26(2,23)24)8-7-18(25-17)19(22)20-15-11-13-4-5-14(15)10-13/h3,6,9,13-15,18H,4-5,7-8,10-11H2,1-2H3,(H,20,22)/t13-,14-,15-,18+/m0/s1. The zero-order chi connectivity index (χ0) is 18.5.